The standard InChI is InChI=1S/C4H11N3O3S/c1-7(2)11(9,10)6-4(8)3-5/h3,5H2,1-2H3,(H,6,8). The third-order valence-electron chi connectivity index (χ3n) is 0.909. The van der Waals surface area contributed by atoms with Crippen LogP contribution in [-0.4, -0.2) is 39.3 Å². The smallest absolute Gasteiger partial charge is 0.303 e. The summed E-state index contributed by atoms with van der Waals surface area (Å²) in [5.41, 5.74) is 4.88. The minimum absolute atomic E-state index is 0.340. The number of amides is 1. The Bertz CT molecular complexity index is 233. The summed E-state index contributed by atoms with van der Waals surface area (Å²) in [4.78, 5) is 10.5. The van der Waals surface area contributed by atoms with E-state index < -0.39 is 16.1 Å². The predicted octanol–water partition coefficient (Wildman–Crippen LogP) is -2.13. The summed E-state index contributed by atoms with van der Waals surface area (Å²) < 4.78 is 24.3. The molecule has 3 N–H and O–H groups in total. The highest BCUT2D eigenvalue weighted by molar-refractivity contribution is 7.87. The normalized spacial score (nSPS) is 11.6. The molecule has 0 atom stereocenters. The maximum atomic E-state index is 10.8. The zero-order valence-corrected chi connectivity index (χ0v) is 7.18. The highest BCUT2D eigenvalue weighted by Gasteiger charge is 2.14. The molecule has 0 heterocycles. The Morgan fingerprint density at radius 1 is 1.55 bits per heavy atom. The van der Waals surface area contributed by atoms with E-state index in [9.17, 15) is 13.2 Å². The summed E-state index contributed by atoms with van der Waals surface area (Å²) in [7, 11) is -1.03. The monoisotopic (exact) mass is 181 g/mol. The highest BCUT2D eigenvalue weighted by atomic mass is 32.2. The SMILES string of the molecule is CN(C)S(=O)(=O)NC(=O)CN. The molecule has 11 heavy (non-hydrogen) atoms. The molecular weight excluding hydrogens is 170 g/mol. The summed E-state index contributed by atoms with van der Waals surface area (Å²) in [6, 6.07) is 0. The Hall–Kier alpha value is -0.660. The van der Waals surface area contributed by atoms with Gasteiger partial charge in [0.2, 0.25) is 5.91 Å². The van der Waals surface area contributed by atoms with E-state index in [1.165, 1.54) is 14.1 Å². The van der Waals surface area contributed by atoms with Gasteiger partial charge >= 0.3 is 10.2 Å². The molecule has 66 valence electrons. The van der Waals surface area contributed by atoms with Gasteiger partial charge in [-0.25, -0.2) is 4.72 Å². The van der Waals surface area contributed by atoms with Crippen LogP contribution in [0.5, 0.6) is 0 Å². The lowest BCUT2D eigenvalue weighted by atomic mass is 10.7. The number of nitrogens with zero attached hydrogens (tertiary/aromatic N) is 1. The fourth-order valence-corrected chi connectivity index (χ4v) is 0.830. The summed E-state index contributed by atoms with van der Waals surface area (Å²) in [6.45, 7) is -0.340. The first-order valence-electron chi connectivity index (χ1n) is 2.83. The van der Waals surface area contributed by atoms with Gasteiger partial charge in [-0.05, 0) is 0 Å². The van der Waals surface area contributed by atoms with Crippen LogP contribution < -0.4 is 10.5 Å². The Morgan fingerprint density at radius 3 is 2.27 bits per heavy atom. The fourth-order valence-electron chi connectivity index (χ4n) is 0.277. The van der Waals surface area contributed by atoms with Crippen molar-refractivity contribution in [3.63, 3.8) is 0 Å². The second-order valence-electron chi connectivity index (χ2n) is 2.02. The molecule has 0 aliphatic carbocycles. The second-order valence-corrected chi connectivity index (χ2v) is 3.90. The lowest BCUT2D eigenvalue weighted by Crippen LogP contribution is -2.42. The zero-order chi connectivity index (χ0) is 9.07. The van der Waals surface area contributed by atoms with E-state index >= 15 is 0 Å². The largest absolute Gasteiger partial charge is 0.322 e. The first-order chi connectivity index (χ1) is 4.90. The van der Waals surface area contributed by atoms with Crippen molar-refractivity contribution in [2.24, 2.45) is 5.73 Å². The lowest BCUT2D eigenvalue weighted by molar-refractivity contribution is -0.118. The molecule has 1 amide bonds. The number of hydrogen-bond donors (Lipinski definition) is 2. The minimum Gasteiger partial charge on any atom is -0.322 e. The maximum absolute atomic E-state index is 10.8. The topological polar surface area (TPSA) is 92.5 Å². The molecule has 0 saturated heterocycles. The molecule has 0 aliphatic heterocycles. The van der Waals surface area contributed by atoms with Gasteiger partial charge in [0.25, 0.3) is 0 Å². The van der Waals surface area contributed by atoms with E-state index in [0.717, 1.165) is 4.31 Å². The van der Waals surface area contributed by atoms with E-state index in [1.54, 1.807) is 4.72 Å². The number of carbonyl (C=O) groups is 1. The van der Waals surface area contributed by atoms with E-state index in [2.05, 4.69) is 0 Å². The first kappa shape index (κ1) is 10.3. The maximum Gasteiger partial charge on any atom is 0.303 e. The van der Waals surface area contributed by atoms with Crippen molar-refractivity contribution in [1.82, 2.24) is 9.03 Å². The zero-order valence-electron chi connectivity index (χ0n) is 6.36. The van der Waals surface area contributed by atoms with Crippen molar-refractivity contribution >= 4 is 16.1 Å². The van der Waals surface area contributed by atoms with Crippen LogP contribution in [0.4, 0.5) is 0 Å². The minimum atomic E-state index is -3.66. The first-order valence-corrected chi connectivity index (χ1v) is 4.27. The molecule has 0 rings (SSSR count). The number of hydrogen-bond acceptors (Lipinski definition) is 4. The van der Waals surface area contributed by atoms with Crippen LogP contribution in [0.1, 0.15) is 0 Å². The highest BCUT2D eigenvalue weighted by Crippen LogP contribution is 1.86. The van der Waals surface area contributed by atoms with Gasteiger partial charge in [0, 0.05) is 14.1 Å². The third-order valence-corrected chi connectivity index (χ3v) is 2.36. The molecule has 6 nitrogen and oxygen atoms in total. The van der Waals surface area contributed by atoms with Gasteiger partial charge in [-0.1, -0.05) is 0 Å². The van der Waals surface area contributed by atoms with Crippen LogP contribution >= 0.6 is 0 Å². The van der Waals surface area contributed by atoms with Gasteiger partial charge in [0.1, 0.15) is 0 Å². The van der Waals surface area contributed by atoms with E-state index in [-0.39, 0.29) is 6.54 Å². The van der Waals surface area contributed by atoms with Gasteiger partial charge in [-0.2, -0.15) is 12.7 Å². The number of nitrogens with one attached hydrogen (secondary N) is 1. The summed E-state index contributed by atoms with van der Waals surface area (Å²) in [6.07, 6.45) is 0. The second kappa shape index (κ2) is 3.65. The molecule has 0 aliphatic rings. The summed E-state index contributed by atoms with van der Waals surface area (Å²) in [5, 5.41) is 0. The third kappa shape index (κ3) is 3.30. The lowest BCUT2D eigenvalue weighted by Gasteiger charge is -2.10. The van der Waals surface area contributed by atoms with Crippen LogP contribution in [0.15, 0.2) is 0 Å². The Kier molecular flexibility index (Phi) is 3.43. The molecule has 0 saturated carbocycles. The number of nitrogens with two attached hydrogens (primary N) is 1. The Balaban J connectivity index is 4.27. The predicted molar refractivity (Wildman–Crippen MR) is 39.8 cm³/mol. The van der Waals surface area contributed by atoms with Gasteiger partial charge in [0.15, 0.2) is 0 Å². The van der Waals surface area contributed by atoms with Crippen LogP contribution in [0.25, 0.3) is 0 Å². The quantitative estimate of drug-likeness (QED) is 0.520. The van der Waals surface area contributed by atoms with Gasteiger partial charge in [-0.15, -0.1) is 0 Å². The average molecular weight is 181 g/mol. The Labute approximate surface area is 65.5 Å². The van der Waals surface area contributed by atoms with Crippen molar-refractivity contribution in [2.75, 3.05) is 20.6 Å². The average Bonchev–Trinajstić information content (AvgIpc) is 1.86. The molecule has 0 radical (unpaired) electrons. The molecule has 0 unspecified atom stereocenters. The van der Waals surface area contributed by atoms with Gasteiger partial charge < -0.3 is 5.73 Å². The molecule has 0 fully saturated rings. The van der Waals surface area contributed by atoms with Crippen molar-refractivity contribution in [1.29, 1.82) is 0 Å². The Morgan fingerprint density at radius 2 is 2.00 bits per heavy atom. The van der Waals surface area contributed by atoms with Crippen molar-refractivity contribution in [2.45, 2.75) is 0 Å². The van der Waals surface area contributed by atoms with Crippen molar-refractivity contribution in [3.8, 4) is 0 Å². The van der Waals surface area contributed by atoms with Crippen LogP contribution in [-0.2, 0) is 15.0 Å². The van der Waals surface area contributed by atoms with E-state index in [4.69, 9.17) is 5.73 Å². The number of rotatable bonds is 3. The van der Waals surface area contributed by atoms with E-state index in [0.29, 0.717) is 0 Å². The molecule has 0 aromatic carbocycles. The van der Waals surface area contributed by atoms with Gasteiger partial charge in [-0.3, -0.25) is 4.79 Å². The van der Waals surface area contributed by atoms with Gasteiger partial charge in [0.05, 0.1) is 6.54 Å². The van der Waals surface area contributed by atoms with Crippen molar-refractivity contribution < 1.29 is 13.2 Å². The van der Waals surface area contributed by atoms with Crippen LogP contribution in [0.3, 0.4) is 0 Å². The summed E-state index contributed by atoms with van der Waals surface area (Å²) in [5.74, 6) is -0.723. The van der Waals surface area contributed by atoms with Crippen LogP contribution in [0, 0.1) is 0 Å². The van der Waals surface area contributed by atoms with E-state index in [1.807, 2.05) is 0 Å². The fraction of sp³-hybridized carbons (Fsp3) is 0.750. The molecule has 0 spiro atoms. The summed E-state index contributed by atoms with van der Waals surface area (Å²) >= 11 is 0. The molecule has 0 bridgehead atoms. The number of carbonyl (C=O) groups excluding carboxylic acids is 1. The molecular formula is C4H11N3O3S. The molecule has 0 aromatic rings. The molecule has 0 aromatic heterocycles. The van der Waals surface area contributed by atoms with Crippen LogP contribution in [0.2, 0.25) is 0 Å². The molecule has 7 heteroatoms. The van der Waals surface area contributed by atoms with Crippen molar-refractivity contribution in [3.05, 3.63) is 0 Å².